The summed E-state index contributed by atoms with van der Waals surface area (Å²) >= 11 is 0. The molecule has 0 aromatic heterocycles. The molecule has 0 aliphatic rings. The van der Waals surface area contributed by atoms with Gasteiger partial charge in [-0.3, -0.25) is 0 Å². The zero-order chi connectivity index (χ0) is 14.9. The molecule has 0 radical (unpaired) electrons. The Bertz CT molecular complexity index is 563. The van der Waals surface area contributed by atoms with Crippen molar-refractivity contribution in [2.45, 2.75) is 20.3 Å². The number of benzene rings is 3. The van der Waals surface area contributed by atoms with E-state index in [1.165, 1.54) is 22.3 Å². The van der Waals surface area contributed by atoms with Crippen molar-refractivity contribution in [1.29, 1.82) is 0 Å². The van der Waals surface area contributed by atoms with Gasteiger partial charge >= 0.3 is 0 Å². The van der Waals surface area contributed by atoms with Crippen LogP contribution in [0, 0.1) is 13.8 Å². The molecule has 0 N–H and O–H groups in total. The Morgan fingerprint density at radius 3 is 1.14 bits per heavy atom. The molecule has 0 aliphatic carbocycles. The largest absolute Gasteiger partial charge is 0.0622 e. The van der Waals surface area contributed by atoms with Gasteiger partial charge in [-0.1, -0.05) is 96.1 Å². The summed E-state index contributed by atoms with van der Waals surface area (Å²) in [4.78, 5) is 0. The van der Waals surface area contributed by atoms with E-state index in [-0.39, 0.29) is 0 Å². The van der Waals surface area contributed by atoms with Gasteiger partial charge in [0.1, 0.15) is 0 Å². The Morgan fingerprint density at radius 1 is 0.476 bits per heavy atom. The van der Waals surface area contributed by atoms with Crippen LogP contribution in [-0.2, 0) is 6.42 Å². The second-order valence-electron chi connectivity index (χ2n) is 5.30. The highest BCUT2D eigenvalue weighted by atomic mass is 14.0. The van der Waals surface area contributed by atoms with Crippen molar-refractivity contribution in [3.63, 3.8) is 0 Å². The van der Waals surface area contributed by atoms with E-state index in [4.69, 9.17) is 0 Å². The summed E-state index contributed by atoms with van der Waals surface area (Å²) in [5.74, 6) is 0. The van der Waals surface area contributed by atoms with Crippen LogP contribution in [0.15, 0.2) is 84.9 Å². The lowest BCUT2D eigenvalue weighted by atomic mass is 10.1. The molecule has 0 saturated carbocycles. The molecule has 0 unspecified atom stereocenters. The molecule has 0 bridgehead atoms. The number of hydrogen-bond donors (Lipinski definition) is 0. The molecule has 106 valence electrons. The van der Waals surface area contributed by atoms with Gasteiger partial charge in [0, 0.05) is 0 Å². The maximum absolute atomic E-state index is 2.16. The molecule has 0 spiro atoms. The van der Waals surface area contributed by atoms with Gasteiger partial charge in [-0.15, -0.1) is 0 Å². The molecule has 0 aliphatic heterocycles. The minimum absolute atomic E-state index is 1.03. The predicted molar refractivity (Wildman–Crippen MR) is 91.6 cm³/mol. The van der Waals surface area contributed by atoms with Gasteiger partial charge in [-0.05, 0) is 31.4 Å². The average molecular weight is 274 g/mol. The van der Waals surface area contributed by atoms with Crippen LogP contribution >= 0.6 is 0 Å². The first kappa shape index (κ1) is 15.1. The maximum atomic E-state index is 2.16. The topological polar surface area (TPSA) is 0 Å². The Morgan fingerprint density at radius 2 is 0.810 bits per heavy atom. The smallest absolute Gasteiger partial charge is 0.00258 e. The lowest BCUT2D eigenvalue weighted by Crippen LogP contribution is -1.85. The van der Waals surface area contributed by atoms with Crippen LogP contribution in [0.3, 0.4) is 0 Å². The molecule has 0 fully saturated rings. The predicted octanol–water partition coefficient (Wildman–Crippen LogP) is 5.58. The SMILES string of the molecule is Cc1ccc(C)cc1.c1ccc(Cc2ccccc2)cc1. The minimum Gasteiger partial charge on any atom is -0.0622 e. The highest BCUT2D eigenvalue weighted by Gasteiger charge is 1.92. The van der Waals surface area contributed by atoms with E-state index in [0.717, 1.165) is 6.42 Å². The Kier molecular flexibility index (Phi) is 5.78. The summed E-state index contributed by atoms with van der Waals surface area (Å²) < 4.78 is 0. The van der Waals surface area contributed by atoms with Crippen LogP contribution in [0.25, 0.3) is 0 Å². The van der Waals surface area contributed by atoms with E-state index < -0.39 is 0 Å². The fraction of sp³-hybridized carbons (Fsp3) is 0.143. The Labute approximate surface area is 128 Å². The second-order valence-corrected chi connectivity index (χ2v) is 5.30. The lowest BCUT2D eigenvalue weighted by Gasteiger charge is -2.00. The van der Waals surface area contributed by atoms with E-state index in [1.807, 2.05) is 0 Å². The zero-order valence-electron chi connectivity index (χ0n) is 12.8. The molecule has 3 rings (SSSR count). The Hall–Kier alpha value is -2.34. The van der Waals surface area contributed by atoms with Crippen LogP contribution < -0.4 is 0 Å². The number of aryl methyl sites for hydroxylation is 2. The first-order valence-electron chi connectivity index (χ1n) is 7.35. The average Bonchev–Trinajstić information content (AvgIpc) is 2.53. The molecule has 0 heterocycles. The molecular formula is C21H22. The molecule has 21 heavy (non-hydrogen) atoms. The highest BCUT2D eigenvalue weighted by molar-refractivity contribution is 5.25. The monoisotopic (exact) mass is 274 g/mol. The van der Waals surface area contributed by atoms with E-state index in [1.54, 1.807) is 0 Å². The van der Waals surface area contributed by atoms with Gasteiger partial charge in [0.15, 0.2) is 0 Å². The third kappa shape index (κ3) is 5.66. The van der Waals surface area contributed by atoms with Crippen LogP contribution in [0.1, 0.15) is 22.3 Å². The van der Waals surface area contributed by atoms with E-state index in [2.05, 4.69) is 98.8 Å². The lowest BCUT2D eigenvalue weighted by molar-refractivity contribution is 1.19. The number of hydrogen-bond acceptors (Lipinski definition) is 0. The Balaban J connectivity index is 0.000000173. The third-order valence-electron chi connectivity index (χ3n) is 3.31. The van der Waals surface area contributed by atoms with Gasteiger partial charge in [0.05, 0.1) is 0 Å². The normalized spacial score (nSPS) is 9.62. The first-order chi connectivity index (χ1) is 10.2. The van der Waals surface area contributed by atoms with Crippen molar-refractivity contribution in [1.82, 2.24) is 0 Å². The van der Waals surface area contributed by atoms with E-state index >= 15 is 0 Å². The minimum atomic E-state index is 1.03. The van der Waals surface area contributed by atoms with E-state index in [9.17, 15) is 0 Å². The van der Waals surface area contributed by atoms with Crippen LogP contribution in [0.5, 0.6) is 0 Å². The van der Waals surface area contributed by atoms with Crippen molar-refractivity contribution in [2.75, 3.05) is 0 Å². The van der Waals surface area contributed by atoms with Gasteiger partial charge in [0.2, 0.25) is 0 Å². The summed E-state index contributed by atoms with van der Waals surface area (Å²) in [5, 5.41) is 0. The highest BCUT2D eigenvalue weighted by Crippen LogP contribution is 2.07. The summed E-state index contributed by atoms with van der Waals surface area (Å²) in [6, 6.07) is 29.5. The van der Waals surface area contributed by atoms with Crippen molar-refractivity contribution in [3.8, 4) is 0 Å². The van der Waals surface area contributed by atoms with Crippen molar-refractivity contribution in [3.05, 3.63) is 107 Å². The van der Waals surface area contributed by atoms with Gasteiger partial charge < -0.3 is 0 Å². The van der Waals surface area contributed by atoms with Gasteiger partial charge in [-0.25, -0.2) is 0 Å². The standard InChI is InChI=1S/C13H12.C8H10/c1-3-7-12(8-4-1)11-13-9-5-2-6-10-13;1-7-3-5-8(2)6-4-7/h1-10H,11H2;3-6H,1-2H3. The number of rotatable bonds is 2. The third-order valence-corrected chi connectivity index (χ3v) is 3.31. The zero-order valence-corrected chi connectivity index (χ0v) is 12.8. The fourth-order valence-electron chi connectivity index (χ4n) is 2.06. The molecule has 0 heteroatoms. The summed E-state index contributed by atoms with van der Waals surface area (Å²) in [5.41, 5.74) is 5.40. The van der Waals surface area contributed by atoms with Crippen LogP contribution in [0.2, 0.25) is 0 Å². The van der Waals surface area contributed by atoms with Crippen molar-refractivity contribution >= 4 is 0 Å². The quantitative estimate of drug-likeness (QED) is 0.572. The molecule has 0 nitrogen and oxygen atoms in total. The van der Waals surface area contributed by atoms with Gasteiger partial charge in [-0.2, -0.15) is 0 Å². The molecule has 3 aromatic carbocycles. The second kappa shape index (κ2) is 8.06. The molecule has 3 aromatic rings. The van der Waals surface area contributed by atoms with Crippen LogP contribution in [0.4, 0.5) is 0 Å². The molecule has 0 saturated heterocycles. The van der Waals surface area contributed by atoms with Gasteiger partial charge in [0.25, 0.3) is 0 Å². The molecule has 0 amide bonds. The summed E-state index contributed by atoms with van der Waals surface area (Å²) in [6.45, 7) is 4.19. The van der Waals surface area contributed by atoms with Crippen LogP contribution in [-0.4, -0.2) is 0 Å². The van der Waals surface area contributed by atoms with Crippen molar-refractivity contribution < 1.29 is 0 Å². The van der Waals surface area contributed by atoms with E-state index in [0.29, 0.717) is 0 Å². The summed E-state index contributed by atoms with van der Waals surface area (Å²) in [7, 11) is 0. The molecular weight excluding hydrogens is 252 g/mol. The van der Waals surface area contributed by atoms with Crippen molar-refractivity contribution in [2.24, 2.45) is 0 Å². The molecule has 0 atom stereocenters. The summed E-state index contributed by atoms with van der Waals surface area (Å²) in [6.07, 6.45) is 1.03. The first-order valence-corrected chi connectivity index (χ1v) is 7.35. The maximum Gasteiger partial charge on any atom is -0.00258 e. The fourth-order valence-corrected chi connectivity index (χ4v) is 2.06.